The number of carbonyl (C=O) groups is 1. The van der Waals surface area contributed by atoms with E-state index in [-0.39, 0.29) is 6.61 Å². The fourth-order valence-electron chi connectivity index (χ4n) is 8.81. The SMILES string of the molecule is CCCCCCCCCCC/C=C\C/C=C\CCCCCCCCCCCCCCCCC(O)C(=O)NC(CO)C(O)/C=C/CCCCCCCCCCCCCCCCCCC. The second-order valence-corrected chi connectivity index (χ2v) is 19.5. The number of rotatable bonds is 52. The first-order valence-corrected chi connectivity index (χ1v) is 28.3. The molecule has 0 radical (unpaired) electrons. The Kier molecular flexibility index (Phi) is 52.0. The summed E-state index contributed by atoms with van der Waals surface area (Å²) in [5.41, 5.74) is 0. The van der Waals surface area contributed by atoms with Crippen LogP contribution in [-0.2, 0) is 4.79 Å². The number of unbranched alkanes of at least 4 members (excludes halogenated alkanes) is 40. The Bertz CT molecular complexity index is 978. The average molecular weight is 887 g/mol. The van der Waals surface area contributed by atoms with Crippen molar-refractivity contribution in [3.05, 3.63) is 36.5 Å². The van der Waals surface area contributed by atoms with Gasteiger partial charge in [-0.3, -0.25) is 4.79 Å². The van der Waals surface area contributed by atoms with Gasteiger partial charge in [-0.2, -0.15) is 0 Å². The van der Waals surface area contributed by atoms with Gasteiger partial charge in [-0.15, -0.1) is 0 Å². The van der Waals surface area contributed by atoms with Crippen molar-refractivity contribution in [1.29, 1.82) is 0 Å². The molecular formula is C58H111NO4. The van der Waals surface area contributed by atoms with E-state index < -0.39 is 24.2 Å². The molecule has 0 aromatic heterocycles. The lowest BCUT2D eigenvalue weighted by Gasteiger charge is -2.21. The maximum absolute atomic E-state index is 12.5. The zero-order chi connectivity index (χ0) is 45.8. The minimum absolute atomic E-state index is 0.362. The molecule has 0 heterocycles. The molecule has 3 atom stereocenters. The molecule has 0 aliphatic rings. The van der Waals surface area contributed by atoms with E-state index in [0.29, 0.717) is 6.42 Å². The summed E-state index contributed by atoms with van der Waals surface area (Å²) in [4.78, 5) is 12.5. The topological polar surface area (TPSA) is 89.8 Å². The van der Waals surface area contributed by atoms with Gasteiger partial charge in [0.25, 0.3) is 0 Å². The van der Waals surface area contributed by atoms with Crippen molar-refractivity contribution in [2.45, 2.75) is 321 Å². The van der Waals surface area contributed by atoms with Crippen molar-refractivity contribution < 1.29 is 20.1 Å². The second-order valence-electron chi connectivity index (χ2n) is 19.5. The maximum Gasteiger partial charge on any atom is 0.249 e. The van der Waals surface area contributed by atoms with E-state index >= 15 is 0 Å². The lowest BCUT2D eigenvalue weighted by atomic mass is 10.0. The van der Waals surface area contributed by atoms with Gasteiger partial charge in [-0.05, 0) is 51.4 Å². The highest BCUT2D eigenvalue weighted by atomic mass is 16.3. The predicted molar refractivity (Wildman–Crippen MR) is 278 cm³/mol. The minimum Gasteiger partial charge on any atom is -0.394 e. The summed E-state index contributed by atoms with van der Waals surface area (Å²) in [6.07, 6.45) is 69.3. The molecule has 0 spiro atoms. The quantitative estimate of drug-likeness (QED) is 0.0362. The molecule has 0 aromatic carbocycles. The molecule has 0 aliphatic carbocycles. The Morgan fingerprint density at radius 1 is 0.397 bits per heavy atom. The van der Waals surface area contributed by atoms with Gasteiger partial charge in [-0.25, -0.2) is 0 Å². The van der Waals surface area contributed by atoms with E-state index in [2.05, 4.69) is 43.5 Å². The summed E-state index contributed by atoms with van der Waals surface area (Å²) in [7, 11) is 0. The van der Waals surface area contributed by atoms with Crippen LogP contribution < -0.4 is 5.32 Å². The molecule has 372 valence electrons. The Morgan fingerprint density at radius 2 is 0.683 bits per heavy atom. The predicted octanol–water partition coefficient (Wildman–Crippen LogP) is 17.4. The summed E-state index contributed by atoms with van der Waals surface area (Å²) in [5, 5.41) is 33.4. The van der Waals surface area contributed by atoms with Crippen LogP contribution in [0.2, 0.25) is 0 Å². The summed E-state index contributed by atoms with van der Waals surface area (Å²) in [5.74, 6) is -0.500. The monoisotopic (exact) mass is 886 g/mol. The van der Waals surface area contributed by atoms with E-state index in [4.69, 9.17) is 0 Å². The number of allylic oxidation sites excluding steroid dienone is 5. The van der Waals surface area contributed by atoms with Crippen LogP contribution in [-0.4, -0.2) is 46.1 Å². The molecule has 5 heteroatoms. The number of amides is 1. The van der Waals surface area contributed by atoms with Gasteiger partial charge in [0.1, 0.15) is 6.10 Å². The fraction of sp³-hybridized carbons (Fsp3) is 0.879. The van der Waals surface area contributed by atoms with Crippen molar-refractivity contribution in [2.24, 2.45) is 0 Å². The zero-order valence-corrected chi connectivity index (χ0v) is 42.5. The Labute approximate surface area is 394 Å². The Hall–Kier alpha value is -1.43. The van der Waals surface area contributed by atoms with E-state index in [1.165, 1.54) is 244 Å². The highest BCUT2D eigenvalue weighted by Crippen LogP contribution is 2.17. The molecule has 0 saturated heterocycles. The van der Waals surface area contributed by atoms with Crippen molar-refractivity contribution in [2.75, 3.05) is 6.61 Å². The van der Waals surface area contributed by atoms with Crippen molar-refractivity contribution in [3.8, 4) is 0 Å². The summed E-state index contributed by atoms with van der Waals surface area (Å²) >= 11 is 0. The van der Waals surface area contributed by atoms with Crippen LogP contribution in [0.4, 0.5) is 0 Å². The molecule has 0 rings (SSSR count). The van der Waals surface area contributed by atoms with Crippen molar-refractivity contribution in [1.82, 2.24) is 5.32 Å². The van der Waals surface area contributed by atoms with Gasteiger partial charge >= 0.3 is 0 Å². The zero-order valence-electron chi connectivity index (χ0n) is 42.5. The molecule has 1 amide bonds. The lowest BCUT2D eigenvalue weighted by molar-refractivity contribution is -0.131. The minimum atomic E-state index is -1.10. The van der Waals surface area contributed by atoms with Crippen molar-refractivity contribution >= 4 is 5.91 Å². The van der Waals surface area contributed by atoms with Gasteiger partial charge < -0.3 is 20.6 Å². The van der Waals surface area contributed by atoms with Crippen LogP contribution in [0.5, 0.6) is 0 Å². The number of nitrogens with one attached hydrogen (secondary N) is 1. The fourth-order valence-corrected chi connectivity index (χ4v) is 8.81. The molecule has 63 heavy (non-hydrogen) atoms. The van der Waals surface area contributed by atoms with Crippen LogP contribution in [0.1, 0.15) is 303 Å². The van der Waals surface area contributed by atoms with Crippen LogP contribution in [0.25, 0.3) is 0 Å². The number of aliphatic hydroxyl groups is 3. The molecule has 3 unspecified atom stereocenters. The lowest BCUT2D eigenvalue weighted by Crippen LogP contribution is -2.48. The van der Waals surface area contributed by atoms with Crippen LogP contribution in [0.15, 0.2) is 36.5 Å². The average Bonchev–Trinajstić information content (AvgIpc) is 3.29. The number of hydrogen-bond acceptors (Lipinski definition) is 4. The first-order valence-electron chi connectivity index (χ1n) is 28.3. The van der Waals surface area contributed by atoms with E-state index in [1.807, 2.05) is 6.08 Å². The summed E-state index contributed by atoms with van der Waals surface area (Å²) < 4.78 is 0. The molecule has 5 nitrogen and oxygen atoms in total. The van der Waals surface area contributed by atoms with Gasteiger partial charge in [0.05, 0.1) is 18.8 Å². The molecule has 0 fully saturated rings. The number of aliphatic hydroxyl groups excluding tert-OH is 3. The molecule has 0 aliphatic heterocycles. The third kappa shape index (κ3) is 48.3. The maximum atomic E-state index is 12.5. The standard InChI is InChI=1S/C58H111NO4/c1-3-5-7-9-11-13-15-17-19-21-23-24-25-26-27-28-29-30-31-32-33-35-37-39-41-43-45-47-49-51-53-57(62)58(63)59-55(54-60)56(61)52-50-48-46-44-42-40-38-36-34-22-20-18-16-14-12-10-8-6-4-2/h23-24,26-27,50,52,55-57,60-62H,3-22,25,28-49,51,53-54H2,1-2H3,(H,59,63)/b24-23-,27-26-,52-50+. The van der Waals surface area contributed by atoms with Crippen LogP contribution in [0, 0.1) is 0 Å². The Balaban J connectivity index is 3.56. The first-order chi connectivity index (χ1) is 31.1. The van der Waals surface area contributed by atoms with E-state index in [0.717, 1.165) is 38.5 Å². The molecule has 0 aromatic rings. The van der Waals surface area contributed by atoms with Gasteiger partial charge in [0.15, 0.2) is 0 Å². The largest absolute Gasteiger partial charge is 0.394 e. The smallest absolute Gasteiger partial charge is 0.249 e. The molecule has 0 bridgehead atoms. The van der Waals surface area contributed by atoms with E-state index in [9.17, 15) is 20.1 Å². The van der Waals surface area contributed by atoms with E-state index in [1.54, 1.807) is 6.08 Å². The summed E-state index contributed by atoms with van der Waals surface area (Å²) in [6.45, 7) is 4.21. The highest BCUT2D eigenvalue weighted by molar-refractivity contribution is 5.80. The molecule has 0 saturated carbocycles. The second kappa shape index (κ2) is 53.2. The van der Waals surface area contributed by atoms with Gasteiger partial charge in [-0.1, -0.05) is 288 Å². The number of hydrogen-bond donors (Lipinski definition) is 4. The third-order valence-corrected chi connectivity index (χ3v) is 13.2. The number of carbonyl (C=O) groups excluding carboxylic acids is 1. The van der Waals surface area contributed by atoms with Gasteiger partial charge in [0, 0.05) is 0 Å². The van der Waals surface area contributed by atoms with Crippen molar-refractivity contribution in [3.63, 3.8) is 0 Å². The van der Waals surface area contributed by atoms with Gasteiger partial charge in [0.2, 0.25) is 5.91 Å². The molecular weight excluding hydrogens is 775 g/mol. The normalized spacial score (nSPS) is 13.5. The molecule has 4 N–H and O–H groups in total. The summed E-state index contributed by atoms with van der Waals surface area (Å²) in [6, 6.07) is -0.798. The highest BCUT2D eigenvalue weighted by Gasteiger charge is 2.22. The third-order valence-electron chi connectivity index (χ3n) is 13.2. The Morgan fingerprint density at radius 3 is 1.00 bits per heavy atom. The van der Waals surface area contributed by atoms with Crippen LogP contribution in [0.3, 0.4) is 0 Å². The first kappa shape index (κ1) is 61.6. The van der Waals surface area contributed by atoms with Crippen LogP contribution >= 0.6 is 0 Å².